The molecule has 1 aliphatic rings. The monoisotopic (exact) mass is 242 g/mol. The number of oxazole rings is 1. The molecule has 1 amide bonds. The van der Waals surface area contributed by atoms with Gasteiger partial charge in [0.05, 0.1) is 0 Å². The predicted molar refractivity (Wildman–Crippen MR) is 67.2 cm³/mol. The Morgan fingerprint density at radius 3 is 3.00 bits per heavy atom. The Morgan fingerprint density at radius 2 is 2.28 bits per heavy atom. The molecule has 1 fully saturated rings. The molecule has 4 nitrogen and oxygen atoms in total. The van der Waals surface area contributed by atoms with E-state index >= 15 is 0 Å². The fourth-order valence-electron chi connectivity index (χ4n) is 1.88. The van der Waals surface area contributed by atoms with E-state index in [9.17, 15) is 4.79 Å². The second kappa shape index (κ2) is 4.29. The van der Waals surface area contributed by atoms with E-state index in [1.54, 1.807) is 0 Å². The Hall–Kier alpha value is -2.10. The van der Waals surface area contributed by atoms with E-state index in [2.05, 4.69) is 10.3 Å². The van der Waals surface area contributed by atoms with Gasteiger partial charge in [-0.1, -0.05) is 23.8 Å². The summed E-state index contributed by atoms with van der Waals surface area (Å²) in [5.74, 6) is 0.389. The van der Waals surface area contributed by atoms with Crippen molar-refractivity contribution in [1.29, 1.82) is 0 Å². The maximum absolute atomic E-state index is 12.0. The Balaban J connectivity index is 1.92. The van der Waals surface area contributed by atoms with Crippen LogP contribution in [0.5, 0.6) is 0 Å². The van der Waals surface area contributed by atoms with Crippen LogP contribution in [-0.2, 0) is 0 Å². The third-order valence-electron chi connectivity index (χ3n) is 2.98. The smallest absolute Gasteiger partial charge is 0.274 e. The van der Waals surface area contributed by atoms with Crippen molar-refractivity contribution in [2.75, 3.05) is 0 Å². The number of carbonyl (C=O) groups is 1. The van der Waals surface area contributed by atoms with E-state index in [0.717, 1.165) is 24.0 Å². The normalized spacial score (nSPS) is 14.5. The first-order valence-electron chi connectivity index (χ1n) is 6.05. The zero-order valence-corrected chi connectivity index (χ0v) is 10.1. The number of nitrogens with zero attached hydrogens (tertiary/aromatic N) is 1. The second-order valence-electron chi connectivity index (χ2n) is 4.65. The fraction of sp³-hybridized carbons (Fsp3) is 0.286. The minimum Gasteiger partial charge on any atom is -0.443 e. The average Bonchev–Trinajstić information content (AvgIpc) is 3.03. The molecule has 1 N–H and O–H groups in total. The summed E-state index contributed by atoms with van der Waals surface area (Å²) < 4.78 is 5.36. The predicted octanol–water partition coefficient (Wildman–Crippen LogP) is 2.54. The fourth-order valence-corrected chi connectivity index (χ4v) is 1.88. The number of hydrogen-bond acceptors (Lipinski definition) is 3. The summed E-state index contributed by atoms with van der Waals surface area (Å²) in [6.07, 6.45) is 3.44. The van der Waals surface area contributed by atoms with E-state index in [4.69, 9.17) is 4.42 Å². The Morgan fingerprint density at radius 1 is 1.44 bits per heavy atom. The van der Waals surface area contributed by atoms with Crippen molar-refractivity contribution in [3.05, 3.63) is 41.9 Å². The van der Waals surface area contributed by atoms with Crippen molar-refractivity contribution in [1.82, 2.24) is 10.3 Å². The molecule has 0 aliphatic heterocycles. The molecule has 1 aromatic heterocycles. The lowest BCUT2D eigenvalue weighted by Crippen LogP contribution is -2.26. The lowest BCUT2D eigenvalue weighted by atomic mass is 10.1. The number of benzene rings is 1. The molecule has 0 spiro atoms. The molecule has 0 atom stereocenters. The van der Waals surface area contributed by atoms with Crippen molar-refractivity contribution >= 4 is 5.91 Å². The Labute approximate surface area is 105 Å². The molecule has 1 heterocycles. The molecule has 1 aromatic carbocycles. The van der Waals surface area contributed by atoms with Gasteiger partial charge >= 0.3 is 0 Å². The molecule has 4 heteroatoms. The first-order chi connectivity index (χ1) is 8.74. The highest BCUT2D eigenvalue weighted by molar-refractivity contribution is 5.97. The minimum absolute atomic E-state index is 0.150. The molecule has 0 saturated heterocycles. The molecular formula is C14H14N2O2. The van der Waals surface area contributed by atoms with E-state index in [-0.39, 0.29) is 5.91 Å². The van der Waals surface area contributed by atoms with Crippen molar-refractivity contribution in [3.8, 4) is 11.3 Å². The number of nitrogens with one attached hydrogen (secondary N) is 1. The van der Waals surface area contributed by atoms with Crippen LogP contribution in [0.2, 0.25) is 0 Å². The highest BCUT2D eigenvalue weighted by Gasteiger charge is 2.26. The van der Waals surface area contributed by atoms with Crippen LogP contribution >= 0.6 is 0 Å². The van der Waals surface area contributed by atoms with Crippen LogP contribution in [-0.4, -0.2) is 16.9 Å². The second-order valence-corrected chi connectivity index (χ2v) is 4.65. The van der Waals surface area contributed by atoms with Gasteiger partial charge in [-0.2, -0.15) is 0 Å². The minimum atomic E-state index is -0.150. The van der Waals surface area contributed by atoms with Gasteiger partial charge in [0.25, 0.3) is 5.91 Å². The number of rotatable bonds is 3. The number of aromatic nitrogens is 1. The molecule has 18 heavy (non-hydrogen) atoms. The Kier molecular flexibility index (Phi) is 2.63. The summed E-state index contributed by atoms with van der Waals surface area (Å²) >= 11 is 0. The van der Waals surface area contributed by atoms with E-state index in [1.807, 2.05) is 31.2 Å². The first-order valence-corrected chi connectivity index (χ1v) is 6.05. The summed E-state index contributed by atoms with van der Waals surface area (Å²) in [4.78, 5) is 16.0. The van der Waals surface area contributed by atoms with Gasteiger partial charge in [0.15, 0.2) is 17.8 Å². The average molecular weight is 242 g/mol. The molecule has 1 aliphatic carbocycles. The van der Waals surface area contributed by atoms with Crippen LogP contribution in [0.25, 0.3) is 11.3 Å². The van der Waals surface area contributed by atoms with Crippen LogP contribution in [0.4, 0.5) is 0 Å². The zero-order valence-electron chi connectivity index (χ0n) is 10.1. The van der Waals surface area contributed by atoms with Gasteiger partial charge in [-0.25, -0.2) is 4.98 Å². The SMILES string of the molecule is Cc1cccc(-c2ocnc2C(=O)NC2CC2)c1. The maximum atomic E-state index is 12.0. The van der Waals surface area contributed by atoms with E-state index in [0.29, 0.717) is 17.5 Å². The summed E-state index contributed by atoms with van der Waals surface area (Å²) in [6.45, 7) is 2.00. The van der Waals surface area contributed by atoms with Crippen LogP contribution in [0.15, 0.2) is 35.1 Å². The van der Waals surface area contributed by atoms with Gasteiger partial charge in [-0.15, -0.1) is 0 Å². The quantitative estimate of drug-likeness (QED) is 0.899. The van der Waals surface area contributed by atoms with Crippen LogP contribution in [0.3, 0.4) is 0 Å². The van der Waals surface area contributed by atoms with Gasteiger partial charge in [-0.05, 0) is 25.8 Å². The summed E-state index contributed by atoms with van der Waals surface area (Å²) in [6, 6.07) is 8.16. The number of amides is 1. The summed E-state index contributed by atoms with van der Waals surface area (Å²) in [5, 5.41) is 2.92. The van der Waals surface area contributed by atoms with Gasteiger partial charge in [0.1, 0.15) is 0 Å². The molecule has 2 aromatic rings. The van der Waals surface area contributed by atoms with Crippen LogP contribution < -0.4 is 5.32 Å². The third-order valence-corrected chi connectivity index (χ3v) is 2.98. The maximum Gasteiger partial charge on any atom is 0.274 e. The molecule has 0 radical (unpaired) electrons. The van der Waals surface area contributed by atoms with Crippen LogP contribution in [0, 0.1) is 6.92 Å². The van der Waals surface area contributed by atoms with Crippen molar-refractivity contribution in [3.63, 3.8) is 0 Å². The van der Waals surface area contributed by atoms with Crippen molar-refractivity contribution < 1.29 is 9.21 Å². The summed E-state index contributed by atoms with van der Waals surface area (Å²) in [5.41, 5.74) is 2.37. The molecular weight excluding hydrogens is 228 g/mol. The van der Waals surface area contributed by atoms with Gasteiger partial charge in [0.2, 0.25) is 0 Å². The number of carbonyl (C=O) groups excluding carboxylic acids is 1. The van der Waals surface area contributed by atoms with E-state index in [1.165, 1.54) is 6.39 Å². The highest BCUT2D eigenvalue weighted by atomic mass is 16.3. The lowest BCUT2D eigenvalue weighted by Gasteiger charge is -2.03. The van der Waals surface area contributed by atoms with Gasteiger partial charge < -0.3 is 9.73 Å². The number of aryl methyl sites for hydroxylation is 1. The lowest BCUT2D eigenvalue weighted by molar-refractivity contribution is 0.0947. The topological polar surface area (TPSA) is 55.1 Å². The zero-order chi connectivity index (χ0) is 12.5. The summed E-state index contributed by atoms with van der Waals surface area (Å²) in [7, 11) is 0. The Bertz CT molecular complexity index is 585. The highest BCUT2D eigenvalue weighted by Crippen LogP contribution is 2.25. The molecule has 0 unspecified atom stereocenters. The third kappa shape index (κ3) is 2.14. The van der Waals surface area contributed by atoms with Crippen molar-refractivity contribution in [2.24, 2.45) is 0 Å². The molecule has 92 valence electrons. The molecule has 0 bridgehead atoms. The first kappa shape index (κ1) is 11.0. The van der Waals surface area contributed by atoms with Gasteiger partial charge in [-0.3, -0.25) is 4.79 Å². The number of hydrogen-bond donors (Lipinski definition) is 1. The largest absolute Gasteiger partial charge is 0.443 e. The molecule has 3 rings (SSSR count). The standard InChI is InChI=1S/C14H14N2O2/c1-9-3-2-4-10(7-9)13-12(15-8-18-13)14(17)16-11-5-6-11/h2-4,7-8,11H,5-6H2,1H3,(H,16,17). The van der Waals surface area contributed by atoms with E-state index < -0.39 is 0 Å². The molecule has 1 saturated carbocycles. The van der Waals surface area contributed by atoms with Crippen molar-refractivity contribution in [2.45, 2.75) is 25.8 Å². The van der Waals surface area contributed by atoms with Crippen LogP contribution in [0.1, 0.15) is 28.9 Å². The van der Waals surface area contributed by atoms with Gasteiger partial charge in [0, 0.05) is 11.6 Å².